The largest absolute Gasteiger partial charge is 0.490 e. The minimum absolute atomic E-state index is 0.244. The second kappa shape index (κ2) is 6.99. The molecule has 1 unspecified atom stereocenters. The van der Waals surface area contributed by atoms with Crippen LogP contribution in [0.2, 0.25) is 0 Å². The summed E-state index contributed by atoms with van der Waals surface area (Å²) in [6.07, 6.45) is 9.64. The highest BCUT2D eigenvalue weighted by atomic mass is 16.5. The van der Waals surface area contributed by atoms with Gasteiger partial charge in [0.2, 0.25) is 5.91 Å². The van der Waals surface area contributed by atoms with E-state index >= 15 is 0 Å². The summed E-state index contributed by atoms with van der Waals surface area (Å²) in [6.45, 7) is 2.80. The van der Waals surface area contributed by atoms with E-state index in [0.29, 0.717) is 12.0 Å². The summed E-state index contributed by atoms with van der Waals surface area (Å²) >= 11 is 0. The Hall–Kier alpha value is -1.55. The zero-order valence-electron chi connectivity index (χ0n) is 15.4. The fourth-order valence-electron chi connectivity index (χ4n) is 4.96. The topological polar surface area (TPSA) is 32.8 Å². The van der Waals surface area contributed by atoms with E-state index in [2.05, 4.69) is 29.2 Å². The highest BCUT2D eigenvalue weighted by molar-refractivity contribution is 5.87. The molecule has 1 aliphatic carbocycles. The summed E-state index contributed by atoms with van der Waals surface area (Å²) < 4.78 is 6.07. The number of hydrogen-bond acceptors (Lipinski definition) is 3. The Balaban J connectivity index is 1.43. The van der Waals surface area contributed by atoms with E-state index in [1.165, 1.54) is 31.2 Å². The standard InChI is InChI=1S/C21H30N2O2/c1-22-14-4-12-21(20(22)24)13-5-15-23(21)16-17-8-10-19(11-9-17)25-18-6-2-3-7-18/h8-11,18H,2-7,12-16H2,1H3. The lowest BCUT2D eigenvalue weighted by Crippen LogP contribution is -2.58. The molecule has 0 aromatic heterocycles. The lowest BCUT2D eigenvalue weighted by atomic mass is 9.85. The van der Waals surface area contributed by atoms with E-state index < -0.39 is 0 Å². The minimum atomic E-state index is -0.244. The summed E-state index contributed by atoms with van der Waals surface area (Å²) in [4.78, 5) is 17.2. The summed E-state index contributed by atoms with van der Waals surface area (Å²) in [6, 6.07) is 8.55. The third-order valence-corrected chi connectivity index (χ3v) is 6.35. The van der Waals surface area contributed by atoms with Gasteiger partial charge in [0.15, 0.2) is 0 Å². The third-order valence-electron chi connectivity index (χ3n) is 6.35. The molecule has 4 nitrogen and oxygen atoms in total. The molecule has 1 aromatic rings. The van der Waals surface area contributed by atoms with Crippen LogP contribution in [0.15, 0.2) is 24.3 Å². The number of amides is 1. The first kappa shape index (κ1) is 16.9. The van der Waals surface area contributed by atoms with Gasteiger partial charge in [-0.3, -0.25) is 9.69 Å². The SMILES string of the molecule is CN1CCCC2(CCCN2Cc2ccc(OC3CCCC3)cc2)C1=O. The van der Waals surface area contributed by atoms with Crippen LogP contribution in [-0.2, 0) is 11.3 Å². The summed E-state index contributed by atoms with van der Waals surface area (Å²) in [7, 11) is 1.95. The molecule has 4 rings (SSSR count). The molecule has 1 aromatic carbocycles. The van der Waals surface area contributed by atoms with Gasteiger partial charge in [0.1, 0.15) is 11.3 Å². The number of ether oxygens (including phenoxy) is 1. The molecular formula is C21H30N2O2. The summed E-state index contributed by atoms with van der Waals surface area (Å²) in [5, 5.41) is 0. The Labute approximate surface area is 151 Å². The molecule has 2 aliphatic heterocycles. The van der Waals surface area contributed by atoms with E-state index in [1.807, 2.05) is 11.9 Å². The number of piperidine rings is 1. The van der Waals surface area contributed by atoms with Crippen LogP contribution < -0.4 is 4.74 Å². The number of likely N-dealkylation sites (N-methyl/N-ethyl adjacent to an activating group) is 1. The average molecular weight is 342 g/mol. The highest BCUT2D eigenvalue weighted by Gasteiger charge is 2.49. The van der Waals surface area contributed by atoms with Gasteiger partial charge >= 0.3 is 0 Å². The van der Waals surface area contributed by atoms with Crippen LogP contribution >= 0.6 is 0 Å². The molecule has 3 aliphatic rings. The van der Waals surface area contributed by atoms with Crippen molar-refractivity contribution >= 4 is 5.91 Å². The van der Waals surface area contributed by atoms with Gasteiger partial charge in [-0.05, 0) is 75.6 Å². The fourth-order valence-corrected chi connectivity index (χ4v) is 4.96. The lowest BCUT2D eigenvalue weighted by Gasteiger charge is -2.43. The maximum Gasteiger partial charge on any atom is 0.242 e. The molecule has 2 saturated heterocycles. The van der Waals surface area contributed by atoms with E-state index in [0.717, 1.165) is 51.1 Å². The molecule has 3 fully saturated rings. The molecule has 25 heavy (non-hydrogen) atoms. The average Bonchev–Trinajstić information content (AvgIpc) is 3.26. The first-order valence-corrected chi connectivity index (χ1v) is 9.94. The molecular weight excluding hydrogens is 312 g/mol. The van der Waals surface area contributed by atoms with Crippen molar-refractivity contribution in [1.82, 2.24) is 9.80 Å². The third kappa shape index (κ3) is 3.29. The number of hydrogen-bond donors (Lipinski definition) is 0. The fraction of sp³-hybridized carbons (Fsp3) is 0.667. The number of carbonyl (C=O) groups is 1. The maximum absolute atomic E-state index is 12.9. The predicted octanol–water partition coefficient (Wildman–Crippen LogP) is 3.59. The smallest absolute Gasteiger partial charge is 0.242 e. The van der Waals surface area contributed by atoms with Gasteiger partial charge in [-0.1, -0.05) is 12.1 Å². The molecule has 136 valence electrons. The minimum Gasteiger partial charge on any atom is -0.490 e. The molecule has 1 saturated carbocycles. The number of benzene rings is 1. The van der Waals surface area contributed by atoms with Crippen LogP contribution in [0.3, 0.4) is 0 Å². The van der Waals surface area contributed by atoms with E-state index in [4.69, 9.17) is 4.74 Å². The van der Waals surface area contributed by atoms with Crippen molar-refractivity contribution in [2.24, 2.45) is 0 Å². The summed E-state index contributed by atoms with van der Waals surface area (Å²) in [5.41, 5.74) is 1.03. The van der Waals surface area contributed by atoms with Crippen molar-refractivity contribution in [2.75, 3.05) is 20.1 Å². The van der Waals surface area contributed by atoms with Crippen LogP contribution in [0, 0.1) is 0 Å². The second-order valence-electron chi connectivity index (χ2n) is 8.06. The molecule has 0 radical (unpaired) electrons. The van der Waals surface area contributed by atoms with Crippen molar-refractivity contribution in [3.8, 4) is 5.75 Å². The molecule has 0 N–H and O–H groups in total. The predicted molar refractivity (Wildman–Crippen MR) is 98.6 cm³/mol. The number of nitrogens with zero attached hydrogens (tertiary/aromatic N) is 2. The molecule has 0 bridgehead atoms. The molecule has 1 amide bonds. The van der Waals surface area contributed by atoms with Crippen molar-refractivity contribution in [3.63, 3.8) is 0 Å². The molecule has 2 heterocycles. The zero-order chi connectivity index (χ0) is 17.3. The van der Waals surface area contributed by atoms with Gasteiger partial charge in [0.25, 0.3) is 0 Å². The van der Waals surface area contributed by atoms with Gasteiger partial charge in [-0.2, -0.15) is 0 Å². The van der Waals surface area contributed by atoms with E-state index in [-0.39, 0.29) is 5.54 Å². The Bertz CT molecular complexity index is 609. The van der Waals surface area contributed by atoms with Crippen LogP contribution in [0.25, 0.3) is 0 Å². The first-order chi connectivity index (χ1) is 12.2. The maximum atomic E-state index is 12.9. The Morgan fingerprint density at radius 2 is 1.72 bits per heavy atom. The van der Waals surface area contributed by atoms with E-state index in [9.17, 15) is 4.79 Å². The first-order valence-electron chi connectivity index (χ1n) is 9.94. The van der Waals surface area contributed by atoms with Gasteiger partial charge in [0.05, 0.1) is 6.10 Å². The van der Waals surface area contributed by atoms with Crippen LogP contribution in [-0.4, -0.2) is 47.5 Å². The van der Waals surface area contributed by atoms with E-state index in [1.54, 1.807) is 0 Å². The lowest BCUT2D eigenvalue weighted by molar-refractivity contribution is -0.146. The van der Waals surface area contributed by atoms with Gasteiger partial charge < -0.3 is 9.64 Å². The van der Waals surface area contributed by atoms with Crippen molar-refractivity contribution < 1.29 is 9.53 Å². The van der Waals surface area contributed by atoms with Crippen LogP contribution in [0.1, 0.15) is 56.9 Å². The number of likely N-dealkylation sites (tertiary alicyclic amines) is 2. The molecule has 1 spiro atoms. The van der Waals surface area contributed by atoms with Crippen LogP contribution in [0.5, 0.6) is 5.75 Å². The number of rotatable bonds is 4. The zero-order valence-corrected chi connectivity index (χ0v) is 15.4. The summed E-state index contributed by atoms with van der Waals surface area (Å²) in [5.74, 6) is 1.32. The van der Waals surface area contributed by atoms with Crippen molar-refractivity contribution in [2.45, 2.75) is 69.6 Å². The quantitative estimate of drug-likeness (QED) is 0.838. The van der Waals surface area contributed by atoms with Gasteiger partial charge in [-0.15, -0.1) is 0 Å². The van der Waals surface area contributed by atoms with Crippen molar-refractivity contribution in [1.29, 1.82) is 0 Å². The monoisotopic (exact) mass is 342 g/mol. The normalized spacial score (nSPS) is 28.2. The van der Waals surface area contributed by atoms with Crippen molar-refractivity contribution in [3.05, 3.63) is 29.8 Å². The Morgan fingerprint density at radius 3 is 2.44 bits per heavy atom. The molecule has 4 heteroatoms. The van der Waals surface area contributed by atoms with Crippen LogP contribution in [0.4, 0.5) is 0 Å². The Kier molecular flexibility index (Phi) is 4.72. The van der Waals surface area contributed by atoms with Gasteiger partial charge in [0, 0.05) is 20.1 Å². The second-order valence-corrected chi connectivity index (χ2v) is 8.06. The number of carbonyl (C=O) groups excluding carboxylic acids is 1. The van der Waals surface area contributed by atoms with Gasteiger partial charge in [-0.25, -0.2) is 0 Å². The highest BCUT2D eigenvalue weighted by Crippen LogP contribution is 2.38. The Morgan fingerprint density at radius 1 is 1.04 bits per heavy atom. The molecule has 1 atom stereocenters.